The zero-order valence-electron chi connectivity index (χ0n) is 13.4. The molecule has 1 heterocycles. The summed E-state index contributed by atoms with van der Waals surface area (Å²) in [6.07, 6.45) is 0. The van der Waals surface area contributed by atoms with Crippen LogP contribution in [0, 0.1) is 0 Å². The summed E-state index contributed by atoms with van der Waals surface area (Å²) in [5, 5.41) is 3.27. The minimum absolute atomic E-state index is 0.312. The third-order valence-corrected chi connectivity index (χ3v) is 6.04. The maximum Gasteiger partial charge on any atom is 0.241 e. The van der Waals surface area contributed by atoms with E-state index in [-0.39, 0.29) is 0 Å². The number of benzene rings is 1. The van der Waals surface area contributed by atoms with Crippen molar-refractivity contribution in [1.82, 2.24) is 10.0 Å². The molecule has 0 fully saturated rings. The summed E-state index contributed by atoms with van der Waals surface area (Å²) in [5.74, 6) is 0. The van der Waals surface area contributed by atoms with Crippen molar-refractivity contribution in [2.45, 2.75) is 44.3 Å². The lowest BCUT2D eigenvalue weighted by Gasteiger charge is -2.21. The number of nitrogens with one attached hydrogen (secondary N) is 2. The monoisotopic (exact) mass is 372 g/mol. The van der Waals surface area contributed by atoms with Crippen molar-refractivity contribution in [3.8, 4) is 0 Å². The molecule has 2 rings (SSSR count). The summed E-state index contributed by atoms with van der Waals surface area (Å²) in [4.78, 5) is 1.43. The van der Waals surface area contributed by atoms with Gasteiger partial charge in [0.1, 0.15) is 0 Å². The van der Waals surface area contributed by atoms with Gasteiger partial charge in [-0.3, -0.25) is 0 Å². The van der Waals surface area contributed by atoms with Crippen molar-refractivity contribution >= 4 is 33.0 Å². The summed E-state index contributed by atoms with van der Waals surface area (Å²) in [7, 11) is -3.55. The molecule has 2 N–H and O–H groups in total. The first-order chi connectivity index (χ1) is 10.7. The van der Waals surface area contributed by atoms with Gasteiger partial charge in [0.2, 0.25) is 10.0 Å². The maximum atomic E-state index is 12.6. The third-order valence-electron chi connectivity index (χ3n) is 2.95. The van der Waals surface area contributed by atoms with Gasteiger partial charge in [-0.05, 0) is 44.5 Å². The van der Waals surface area contributed by atoms with E-state index in [2.05, 4.69) is 10.0 Å². The van der Waals surface area contributed by atoms with Gasteiger partial charge in [0, 0.05) is 23.5 Å². The van der Waals surface area contributed by atoms with Crippen molar-refractivity contribution in [2.75, 3.05) is 0 Å². The lowest BCUT2D eigenvalue weighted by molar-refractivity contribution is 0.490. The van der Waals surface area contributed by atoms with E-state index >= 15 is 0 Å². The van der Waals surface area contributed by atoms with Crippen molar-refractivity contribution in [3.63, 3.8) is 0 Å². The first kappa shape index (κ1) is 18.4. The number of hydrogen-bond acceptors (Lipinski definition) is 4. The van der Waals surface area contributed by atoms with Crippen LogP contribution in [0.15, 0.2) is 41.3 Å². The second-order valence-corrected chi connectivity index (χ2v) is 9.72. The summed E-state index contributed by atoms with van der Waals surface area (Å²) >= 11 is 7.42. The van der Waals surface area contributed by atoms with Gasteiger partial charge >= 0.3 is 0 Å². The Labute approximate surface area is 146 Å². The second-order valence-electron chi connectivity index (χ2n) is 6.27. The highest BCUT2D eigenvalue weighted by Crippen LogP contribution is 2.22. The van der Waals surface area contributed by atoms with Crippen LogP contribution in [0.2, 0.25) is 4.34 Å². The SMILES string of the molecule is CC(C)(C)NS(=O)(=O)c1ccccc1CNCc1ccc(Cl)s1. The molecule has 1 aromatic heterocycles. The lowest BCUT2D eigenvalue weighted by Crippen LogP contribution is -2.40. The van der Waals surface area contributed by atoms with E-state index in [0.717, 1.165) is 14.8 Å². The average Bonchev–Trinajstić information content (AvgIpc) is 2.82. The van der Waals surface area contributed by atoms with E-state index in [1.54, 1.807) is 12.1 Å². The smallest absolute Gasteiger partial charge is 0.241 e. The van der Waals surface area contributed by atoms with Gasteiger partial charge in [0.05, 0.1) is 9.23 Å². The Bertz CT molecular complexity index is 764. The van der Waals surface area contributed by atoms with E-state index in [1.807, 2.05) is 45.0 Å². The number of hydrogen-bond donors (Lipinski definition) is 2. The Morgan fingerprint density at radius 1 is 1.09 bits per heavy atom. The molecule has 0 saturated carbocycles. The van der Waals surface area contributed by atoms with Crippen molar-refractivity contribution < 1.29 is 8.42 Å². The minimum atomic E-state index is -3.55. The van der Waals surface area contributed by atoms with Crippen molar-refractivity contribution in [3.05, 3.63) is 51.2 Å². The largest absolute Gasteiger partial charge is 0.308 e. The Kier molecular flexibility index (Phi) is 5.86. The maximum absolute atomic E-state index is 12.6. The Hall–Kier alpha value is -0.920. The summed E-state index contributed by atoms with van der Waals surface area (Å²) in [6, 6.07) is 10.9. The van der Waals surface area contributed by atoms with Gasteiger partial charge in [0.15, 0.2) is 0 Å². The molecule has 0 aliphatic rings. The molecular weight excluding hydrogens is 352 g/mol. The molecule has 4 nitrogen and oxygen atoms in total. The van der Waals surface area contributed by atoms with Crippen LogP contribution in [0.25, 0.3) is 0 Å². The molecule has 23 heavy (non-hydrogen) atoms. The first-order valence-electron chi connectivity index (χ1n) is 7.24. The predicted molar refractivity (Wildman–Crippen MR) is 96.4 cm³/mol. The molecular formula is C16H21ClN2O2S2. The Morgan fingerprint density at radius 3 is 2.39 bits per heavy atom. The quantitative estimate of drug-likeness (QED) is 0.811. The summed E-state index contributed by atoms with van der Waals surface area (Å²) in [5.41, 5.74) is 0.222. The summed E-state index contributed by atoms with van der Waals surface area (Å²) < 4.78 is 28.5. The standard InChI is InChI=1S/C16H21ClN2O2S2/c1-16(2,3)19-23(20,21)14-7-5-4-6-12(14)10-18-11-13-8-9-15(17)22-13/h4-9,18-19H,10-11H2,1-3H3. The molecule has 0 unspecified atom stereocenters. The van der Waals surface area contributed by atoms with Crippen molar-refractivity contribution in [1.29, 1.82) is 0 Å². The number of sulfonamides is 1. The van der Waals surface area contributed by atoms with Crippen LogP contribution in [-0.2, 0) is 23.1 Å². The molecule has 0 spiro atoms. The molecule has 0 aliphatic carbocycles. The van der Waals surface area contributed by atoms with Gasteiger partial charge in [-0.15, -0.1) is 11.3 Å². The van der Waals surface area contributed by atoms with Gasteiger partial charge in [-0.2, -0.15) is 0 Å². The third kappa shape index (κ3) is 5.58. The molecule has 0 aliphatic heterocycles. The normalized spacial score (nSPS) is 12.5. The van der Waals surface area contributed by atoms with Crippen LogP contribution in [-0.4, -0.2) is 14.0 Å². The van der Waals surface area contributed by atoms with Crippen LogP contribution >= 0.6 is 22.9 Å². The van der Waals surface area contributed by atoms with E-state index in [9.17, 15) is 8.42 Å². The van der Waals surface area contributed by atoms with Crippen molar-refractivity contribution in [2.24, 2.45) is 0 Å². The number of halogens is 1. The predicted octanol–water partition coefficient (Wildman–Crippen LogP) is 3.77. The molecule has 1 aromatic carbocycles. The van der Waals surface area contributed by atoms with Crippen LogP contribution in [0.1, 0.15) is 31.2 Å². The highest BCUT2D eigenvalue weighted by Gasteiger charge is 2.23. The molecule has 0 radical (unpaired) electrons. The molecule has 7 heteroatoms. The van der Waals surface area contributed by atoms with Gasteiger partial charge in [-0.1, -0.05) is 29.8 Å². The molecule has 0 atom stereocenters. The zero-order chi connectivity index (χ0) is 17.1. The fourth-order valence-electron chi connectivity index (χ4n) is 2.14. The molecule has 126 valence electrons. The van der Waals surface area contributed by atoms with Crippen LogP contribution in [0.4, 0.5) is 0 Å². The van der Waals surface area contributed by atoms with Crippen LogP contribution < -0.4 is 10.0 Å². The molecule has 0 saturated heterocycles. The van der Waals surface area contributed by atoms with E-state index in [0.29, 0.717) is 18.0 Å². The minimum Gasteiger partial charge on any atom is -0.308 e. The fraction of sp³-hybridized carbons (Fsp3) is 0.375. The lowest BCUT2D eigenvalue weighted by atomic mass is 10.1. The van der Waals surface area contributed by atoms with Gasteiger partial charge in [0.25, 0.3) is 0 Å². The highest BCUT2D eigenvalue weighted by atomic mass is 35.5. The van der Waals surface area contributed by atoms with Crippen LogP contribution in [0.5, 0.6) is 0 Å². The van der Waals surface area contributed by atoms with Gasteiger partial charge < -0.3 is 5.32 Å². The average molecular weight is 373 g/mol. The Balaban J connectivity index is 2.11. The number of rotatable bonds is 6. The number of thiophene rings is 1. The van der Waals surface area contributed by atoms with Crippen LogP contribution in [0.3, 0.4) is 0 Å². The van der Waals surface area contributed by atoms with E-state index in [4.69, 9.17) is 11.6 Å². The fourth-order valence-corrected chi connectivity index (χ4v) is 4.85. The first-order valence-corrected chi connectivity index (χ1v) is 9.92. The second kappa shape index (κ2) is 7.32. The summed E-state index contributed by atoms with van der Waals surface area (Å²) in [6.45, 7) is 6.60. The van der Waals surface area contributed by atoms with E-state index < -0.39 is 15.6 Å². The topological polar surface area (TPSA) is 58.2 Å². The molecule has 2 aromatic rings. The zero-order valence-corrected chi connectivity index (χ0v) is 15.8. The van der Waals surface area contributed by atoms with E-state index in [1.165, 1.54) is 11.3 Å². The highest BCUT2D eigenvalue weighted by molar-refractivity contribution is 7.89. The Morgan fingerprint density at radius 2 is 1.78 bits per heavy atom. The van der Waals surface area contributed by atoms with Gasteiger partial charge in [-0.25, -0.2) is 13.1 Å². The molecule has 0 bridgehead atoms. The molecule has 0 amide bonds.